The molecule has 0 fully saturated rings. The second-order valence-electron chi connectivity index (χ2n) is 5.89. The minimum absolute atomic E-state index is 0.110. The van der Waals surface area contributed by atoms with Crippen LogP contribution in [0.15, 0.2) is 65.7 Å². The van der Waals surface area contributed by atoms with E-state index >= 15 is 0 Å². The van der Waals surface area contributed by atoms with Crippen LogP contribution in [0.1, 0.15) is 11.1 Å². The molecule has 3 aromatic rings. The molecule has 26 heavy (non-hydrogen) atoms. The Balaban J connectivity index is 2.18. The fraction of sp³-hybridized carbons (Fsp3) is 0.111. The highest BCUT2D eigenvalue weighted by Crippen LogP contribution is 2.35. The second-order valence-corrected chi connectivity index (χ2v) is 7.45. The van der Waals surface area contributed by atoms with E-state index in [2.05, 4.69) is 0 Å². The van der Waals surface area contributed by atoms with Crippen molar-refractivity contribution in [3.05, 3.63) is 71.9 Å². The van der Waals surface area contributed by atoms with Gasteiger partial charge >= 0.3 is 6.18 Å². The number of benzene rings is 2. The van der Waals surface area contributed by atoms with Crippen molar-refractivity contribution < 1.29 is 21.6 Å². The van der Waals surface area contributed by atoms with E-state index in [1.54, 1.807) is 18.2 Å². The minimum atomic E-state index is -4.50. The monoisotopic (exact) mass is 380 g/mol. The van der Waals surface area contributed by atoms with Crippen molar-refractivity contribution in [3.63, 3.8) is 0 Å². The molecule has 0 saturated heterocycles. The molecule has 2 aromatic carbocycles. The molecular formula is C18H15F3N2O2S. The first-order valence-electron chi connectivity index (χ1n) is 7.55. The number of aryl methyl sites for hydroxylation is 1. The smallest absolute Gasteiger partial charge is 0.316 e. The van der Waals surface area contributed by atoms with Gasteiger partial charge in [-0.05, 0) is 48.9 Å². The van der Waals surface area contributed by atoms with Crippen LogP contribution in [0.2, 0.25) is 0 Å². The van der Waals surface area contributed by atoms with Gasteiger partial charge in [0.05, 0.1) is 16.2 Å². The van der Waals surface area contributed by atoms with Gasteiger partial charge in [0, 0.05) is 11.9 Å². The van der Waals surface area contributed by atoms with Gasteiger partial charge in [-0.2, -0.15) is 13.2 Å². The molecular weight excluding hydrogens is 365 g/mol. The largest absolute Gasteiger partial charge is 0.417 e. The van der Waals surface area contributed by atoms with Gasteiger partial charge < -0.3 is 4.57 Å². The summed E-state index contributed by atoms with van der Waals surface area (Å²) in [5.41, 5.74) is 1.49. The Bertz CT molecular complexity index is 1050. The molecule has 2 N–H and O–H groups in total. The molecule has 0 aliphatic carbocycles. The van der Waals surface area contributed by atoms with Crippen LogP contribution in [0.4, 0.5) is 13.2 Å². The van der Waals surface area contributed by atoms with E-state index in [0.717, 1.165) is 17.8 Å². The van der Waals surface area contributed by atoms with Gasteiger partial charge in [0.1, 0.15) is 0 Å². The molecule has 0 saturated carbocycles. The number of hydrogen-bond acceptors (Lipinski definition) is 2. The number of rotatable bonds is 3. The number of hydrogen-bond donors (Lipinski definition) is 1. The Morgan fingerprint density at radius 2 is 1.65 bits per heavy atom. The molecule has 0 radical (unpaired) electrons. The van der Waals surface area contributed by atoms with Crippen LogP contribution in [-0.2, 0) is 16.2 Å². The molecule has 136 valence electrons. The molecule has 0 amide bonds. The Hall–Kier alpha value is -2.58. The molecule has 0 atom stereocenters. The van der Waals surface area contributed by atoms with Crippen LogP contribution in [0.25, 0.3) is 16.9 Å². The quantitative estimate of drug-likeness (QED) is 0.743. The van der Waals surface area contributed by atoms with E-state index in [-0.39, 0.29) is 4.90 Å². The lowest BCUT2D eigenvalue weighted by Crippen LogP contribution is -2.12. The Morgan fingerprint density at radius 1 is 1.00 bits per heavy atom. The zero-order valence-corrected chi connectivity index (χ0v) is 14.5. The number of halogens is 3. The first kappa shape index (κ1) is 18.2. The highest BCUT2D eigenvalue weighted by Gasteiger charge is 2.33. The molecule has 8 heteroatoms. The summed E-state index contributed by atoms with van der Waals surface area (Å²) in [7, 11) is -3.88. The third-order valence-electron chi connectivity index (χ3n) is 3.90. The van der Waals surface area contributed by atoms with Crippen LogP contribution in [0.5, 0.6) is 0 Å². The molecule has 0 aliphatic rings. The van der Waals surface area contributed by atoms with Crippen LogP contribution < -0.4 is 5.14 Å². The number of sulfonamides is 1. The average Bonchev–Trinajstić information content (AvgIpc) is 3.00. The van der Waals surface area contributed by atoms with Crippen molar-refractivity contribution in [3.8, 4) is 16.9 Å². The van der Waals surface area contributed by atoms with Gasteiger partial charge in [-0.15, -0.1) is 0 Å². The predicted octanol–water partition coefficient (Wildman–Crippen LogP) is 4.12. The molecule has 1 aromatic heterocycles. The van der Waals surface area contributed by atoms with Crippen molar-refractivity contribution in [2.45, 2.75) is 18.0 Å². The fourth-order valence-electron chi connectivity index (χ4n) is 2.65. The van der Waals surface area contributed by atoms with Crippen molar-refractivity contribution in [2.24, 2.45) is 5.14 Å². The highest BCUT2D eigenvalue weighted by molar-refractivity contribution is 7.89. The van der Waals surface area contributed by atoms with Crippen LogP contribution in [-0.4, -0.2) is 13.0 Å². The summed E-state index contributed by atoms with van der Waals surface area (Å²) in [5.74, 6) is 0. The summed E-state index contributed by atoms with van der Waals surface area (Å²) in [4.78, 5) is -0.110. The SMILES string of the molecule is Cc1cccc(-c2cc(C(F)(F)F)cn2-c2ccc(S(N)(=O)=O)cc2)c1. The van der Waals surface area contributed by atoms with Gasteiger partial charge in [0.25, 0.3) is 0 Å². The molecule has 3 rings (SSSR count). The van der Waals surface area contributed by atoms with Gasteiger partial charge in [-0.3, -0.25) is 0 Å². The first-order chi connectivity index (χ1) is 12.1. The third-order valence-corrected chi connectivity index (χ3v) is 4.83. The zero-order valence-electron chi connectivity index (χ0n) is 13.7. The van der Waals surface area contributed by atoms with Gasteiger partial charge in [-0.25, -0.2) is 13.6 Å². The Morgan fingerprint density at radius 3 is 2.19 bits per heavy atom. The number of alkyl halides is 3. The summed E-state index contributed by atoms with van der Waals surface area (Å²) >= 11 is 0. The average molecular weight is 380 g/mol. The van der Waals surface area contributed by atoms with E-state index in [1.165, 1.54) is 28.8 Å². The first-order valence-corrected chi connectivity index (χ1v) is 9.10. The van der Waals surface area contributed by atoms with Gasteiger partial charge in [0.15, 0.2) is 0 Å². The molecule has 1 heterocycles. The maximum atomic E-state index is 13.2. The lowest BCUT2D eigenvalue weighted by Gasteiger charge is -2.10. The number of aromatic nitrogens is 1. The Labute approximate surface area is 148 Å². The summed E-state index contributed by atoms with van der Waals surface area (Å²) < 4.78 is 63.7. The third kappa shape index (κ3) is 3.66. The summed E-state index contributed by atoms with van der Waals surface area (Å²) in [6.07, 6.45) is -3.51. The van der Waals surface area contributed by atoms with Crippen LogP contribution >= 0.6 is 0 Å². The second kappa shape index (κ2) is 6.30. The number of nitrogens with two attached hydrogens (primary N) is 1. The summed E-state index contributed by atoms with van der Waals surface area (Å²) in [6, 6.07) is 13.5. The lowest BCUT2D eigenvalue weighted by atomic mass is 10.1. The molecule has 0 spiro atoms. The van der Waals surface area contributed by atoms with E-state index in [0.29, 0.717) is 16.9 Å². The zero-order chi connectivity index (χ0) is 19.1. The maximum Gasteiger partial charge on any atom is 0.417 e. The number of primary sulfonamides is 1. The van der Waals surface area contributed by atoms with E-state index in [9.17, 15) is 21.6 Å². The predicted molar refractivity (Wildman–Crippen MR) is 92.3 cm³/mol. The Kier molecular flexibility index (Phi) is 4.41. The summed E-state index contributed by atoms with van der Waals surface area (Å²) in [6.45, 7) is 1.85. The maximum absolute atomic E-state index is 13.2. The normalized spacial score (nSPS) is 12.3. The molecule has 0 unspecified atom stereocenters. The standard InChI is InChI=1S/C18H15F3N2O2S/c1-12-3-2-4-13(9-12)17-10-14(18(19,20)21)11-23(17)15-5-7-16(8-6-15)26(22,24)25/h2-11H,1H3,(H2,22,24,25). The van der Waals surface area contributed by atoms with E-state index in [4.69, 9.17) is 5.14 Å². The van der Waals surface area contributed by atoms with Crippen molar-refractivity contribution in [2.75, 3.05) is 0 Å². The minimum Gasteiger partial charge on any atom is -0.316 e. The lowest BCUT2D eigenvalue weighted by molar-refractivity contribution is -0.137. The van der Waals surface area contributed by atoms with Crippen LogP contribution in [0.3, 0.4) is 0 Å². The fourth-order valence-corrected chi connectivity index (χ4v) is 3.17. The van der Waals surface area contributed by atoms with E-state index in [1.807, 2.05) is 13.0 Å². The van der Waals surface area contributed by atoms with Crippen LogP contribution in [0, 0.1) is 6.92 Å². The van der Waals surface area contributed by atoms with Gasteiger partial charge in [0.2, 0.25) is 10.0 Å². The number of nitrogens with zero attached hydrogens (tertiary/aromatic N) is 1. The molecule has 0 aliphatic heterocycles. The molecule has 0 bridgehead atoms. The molecule has 4 nitrogen and oxygen atoms in total. The van der Waals surface area contributed by atoms with Gasteiger partial charge in [-0.1, -0.05) is 23.8 Å². The van der Waals surface area contributed by atoms with E-state index < -0.39 is 21.8 Å². The highest BCUT2D eigenvalue weighted by atomic mass is 32.2. The van der Waals surface area contributed by atoms with Crippen molar-refractivity contribution >= 4 is 10.0 Å². The topological polar surface area (TPSA) is 65.1 Å². The van der Waals surface area contributed by atoms with Crippen molar-refractivity contribution in [1.29, 1.82) is 0 Å². The summed E-state index contributed by atoms with van der Waals surface area (Å²) in [5, 5.41) is 5.06. The van der Waals surface area contributed by atoms with Crippen molar-refractivity contribution in [1.82, 2.24) is 4.57 Å².